The summed E-state index contributed by atoms with van der Waals surface area (Å²) in [5.41, 5.74) is -0.354. The molecule has 0 spiro atoms. The molecule has 0 bridgehead atoms. The van der Waals surface area contributed by atoms with Crippen molar-refractivity contribution in [3.63, 3.8) is 0 Å². The number of ether oxygens (including phenoxy) is 1. The van der Waals surface area contributed by atoms with Crippen molar-refractivity contribution in [3.8, 4) is 0 Å². The molecule has 0 saturated heterocycles. The number of hydrogen-bond donors (Lipinski definition) is 0. The molecular weight excluding hydrogens is 220 g/mol. The summed E-state index contributed by atoms with van der Waals surface area (Å²) in [7, 11) is 0. The smallest absolute Gasteiger partial charge is 0.311 e. The molecule has 2 nitrogen and oxygen atoms in total. The summed E-state index contributed by atoms with van der Waals surface area (Å²) in [4.78, 5) is 13.0. The van der Waals surface area contributed by atoms with Crippen LogP contribution in [0.3, 0.4) is 0 Å². The van der Waals surface area contributed by atoms with Crippen LogP contribution < -0.4 is 0 Å². The number of rotatable bonds is 6. The van der Waals surface area contributed by atoms with E-state index in [4.69, 9.17) is 4.74 Å². The van der Waals surface area contributed by atoms with Gasteiger partial charge >= 0.3 is 5.97 Å². The van der Waals surface area contributed by atoms with E-state index in [9.17, 15) is 4.79 Å². The Morgan fingerprint density at radius 2 is 2.25 bits per heavy atom. The number of esters is 1. The van der Waals surface area contributed by atoms with Crippen molar-refractivity contribution < 1.29 is 9.53 Å². The number of carbonyl (C=O) groups is 1. The lowest BCUT2D eigenvalue weighted by Gasteiger charge is -2.21. The van der Waals surface area contributed by atoms with Crippen molar-refractivity contribution in [2.24, 2.45) is 5.41 Å². The van der Waals surface area contributed by atoms with E-state index in [2.05, 4.69) is 17.5 Å². The zero-order chi connectivity index (χ0) is 12.0. The van der Waals surface area contributed by atoms with Gasteiger partial charge in [0, 0.05) is 4.88 Å². The first kappa shape index (κ1) is 13.2. The second kappa shape index (κ2) is 6.04. The van der Waals surface area contributed by atoms with Gasteiger partial charge in [0.1, 0.15) is 0 Å². The Bertz CT molecular complexity index is 315. The molecule has 3 heteroatoms. The maximum Gasteiger partial charge on any atom is 0.311 e. The van der Waals surface area contributed by atoms with Gasteiger partial charge in [-0.05, 0) is 51.5 Å². The van der Waals surface area contributed by atoms with Crippen LogP contribution in [0.2, 0.25) is 0 Å². The molecule has 90 valence electrons. The monoisotopic (exact) mass is 240 g/mol. The van der Waals surface area contributed by atoms with Crippen molar-refractivity contribution in [3.05, 3.63) is 22.4 Å². The lowest BCUT2D eigenvalue weighted by atomic mass is 9.87. The van der Waals surface area contributed by atoms with Crippen LogP contribution in [0.25, 0.3) is 0 Å². The molecule has 0 aliphatic carbocycles. The van der Waals surface area contributed by atoms with Gasteiger partial charge < -0.3 is 4.74 Å². The van der Waals surface area contributed by atoms with Crippen LogP contribution in [-0.2, 0) is 16.0 Å². The molecule has 1 aromatic rings. The summed E-state index contributed by atoms with van der Waals surface area (Å²) in [5, 5.41) is 2.09. The van der Waals surface area contributed by atoms with E-state index in [1.165, 1.54) is 4.88 Å². The summed E-state index contributed by atoms with van der Waals surface area (Å²) in [5.74, 6) is -0.0822. The van der Waals surface area contributed by atoms with Gasteiger partial charge in [0.05, 0.1) is 12.0 Å². The second-order valence-corrected chi connectivity index (χ2v) is 5.57. The number of hydrogen-bond acceptors (Lipinski definition) is 3. The Morgan fingerprint density at radius 3 is 2.81 bits per heavy atom. The van der Waals surface area contributed by atoms with Gasteiger partial charge in [-0.2, -0.15) is 0 Å². The fourth-order valence-electron chi connectivity index (χ4n) is 1.59. The van der Waals surface area contributed by atoms with Crippen molar-refractivity contribution in [2.45, 2.75) is 40.0 Å². The highest BCUT2D eigenvalue weighted by molar-refractivity contribution is 7.09. The summed E-state index contributed by atoms with van der Waals surface area (Å²) in [6, 6.07) is 4.21. The zero-order valence-corrected chi connectivity index (χ0v) is 11.1. The Hall–Kier alpha value is -0.830. The van der Waals surface area contributed by atoms with Gasteiger partial charge in [-0.1, -0.05) is 6.07 Å². The average Bonchev–Trinajstić information content (AvgIpc) is 2.70. The third-order valence-electron chi connectivity index (χ3n) is 2.63. The minimum atomic E-state index is -0.354. The fraction of sp³-hybridized carbons (Fsp3) is 0.615. The highest BCUT2D eigenvalue weighted by Gasteiger charge is 2.28. The van der Waals surface area contributed by atoms with Crippen molar-refractivity contribution in [1.82, 2.24) is 0 Å². The van der Waals surface area contributed by atoms with E-state index in [1.807, 2.05) is 20.8 Å². The zero-order valence-electron chi connectivity index (χ0n) is 10.3. The molecule has 0 N–H and O–H groups in total. The predicted octanol–water partition coefficient (Wildman–Crippen LogP) is 3.66. The molecule has 1 aromatic heterocycles. The van der Waals surface area contributed by atoms with Gasteiger partial charge in [0.2, 0.25) is 0 Å². The fourth-order valence-corrected chi connectivity index (χ4v) is 2.34. The molecule has 0 radical (unpaired) electrons. The van der Waals surface area contributed by atoms with Crippen LogP contribution in [0.5, 0.6) is 0 Å². The van der Waals surface area contributed by atoms with Gasteiger partial charge in [0.25, 0.3) is 0 Å². The second-order valence-electron chi connectivity index (χ2n) is 4.54. The standard InChI is InChI=1S/C13H20O2S/c1-4-15-12(14)13(2,3)9-5-7-11-8-6-10-16-11/h6,8,10H,4-5,7,9H2,1-3H3. The Morgan fingerprint density at radius 1 is 1.50 bits per heavy atom. The topological polar surface area (TPSA) is 26.3 Å². The first-order chi connectivity index (χ1) is 7.56. The van der Waals surface area contributed by atoms with Crippen molar-refractivity contribution in [1.29, 1.82) is 0 Å². The predicted molar refractivity (Wildman–Crippen MR) is 67.7 cm³/mol. The van der Waals surface area contributed by atoms with E-state index >= 15 is 0 Å². The van der Waals surface area contributed by atoms with Crippen LogP contribution in [0, 0.1) is 5.41 Å². The van der Waals surface area contributed by atoms with Crippen LogP contribution in [0.4, 0.5) is 0 Å². The van der Waals surface area contributed by atoms with E-state index in [0.717, 1.165) is 19.3 Å². The van der Waals surface area contributed by atoms with Crippen LogP contribution in [-0.4, -0.2) is 12.6 Å². The molecule has 0 aliphatic rings. The minimum absolute atomic E-state index is 0.0822. The normalized spacial score (nSPS) is 11.4. The minimum Gasteiger partial charge on any atom is -0.466 e. The Labute approximate surface area is 102 Å². The highest BCUT2D eigenvalue weighted by atomic mass is 32.1. The van der Waals surface area contributed by atoms with E-state index in [0.29, 0.717) is 6.61 Å². The van der Waals surface area contributed by atoms with Crippen LogP contribution >= 0.6 is 11.3 Å². The van der Waals surface area contributed by atoms with Gasteiger partial charge in [-0.3, -0.25) is 4.79 Å². The summed E-state index contributed by atoms with van der Waals surface area (Å²) < 4.78 is 5.06. The average molecular weight is 240 g/mol. The molecule has 0 aromatic carbocycles. The van der Waals surface area contributed by atoms with E-state index < -0.39 is 0 Å². The van der Waals surface area contributed by atoms with Crippen LogP contribution in [0.15, 0.2) is 17.5 Å². The lowest BCUT2D eigenvalue weighted by Crippen LogP contribution is -2.26. The number of carbonyl (C=O) groups excluding carboxylic acids is 1. The molecule has 16 heavy (non-hydrogen) atoms. The van der Waals surface area contributed by atoms with Crippen molar-refractivity contribution in [2.75, 3.05) is 6.61 Å². The molecule has 0 amide bonds. The summed E-state index contributed by atoms with van der Waals surface area (Å²) in [6.45, 7) is 6.23. The molecular formula is C13H20O2S. The van der Waals surface area contributed by atoms with Gasteiger partial charge in [-0.25, -0.2) is 0 Å². The largest absolute Gasteiger partial charge is 0.466 e. The van der Waals surface area contributed by atoms with Crippen LogP contribution in [0.1, 0.15) is 38.5 Å². The van der Waals surface area contributed by atoms with Gasteiger partial charge in [-0.15, -0.1) is 11.3 Å². The first-order valence-electron chi connectivity index (χ1n) is 5.76. The molecule has 0 fully saturated rings. The third-order valence-corrected chi connectivity index (χ3v) is 3.57. The van der Waals surface area contributed by atoms with E-state index in [1.54, 1.807) is 11.3 Å². The Balaban J connectivity index is 2.33. The maximum atomic E-state index is 11.6. The molecule has 0 aliphatic heterocycles. The van der Waals surface area contributed by atoms with Crippen molar-refractivity contribution >= 4 is 17.3 Å². The highest BCUT2D eigenvalue weighted by Crippen LogP contribution is 2.25. The molecule has 1 rings (SSSR count). The summed E-state index contributed by atoms with van der Waals surface area (Å²) >= 11 is 1.78. The number of aryl methyl sites for hydroxylation is 1. The third kappa shape index (κ3) is 3.97. The molecule has 1 heterocycles. The molecule has 0 saturated carbocycles. The first-order valence-corrected chi connectivity index (χ1v) is 6.64. The van der Waals surface area contributed by atoms with Gasteiger partial charge in [0.15, 0.2) is 0 Å². The Kier molecular flexibility index (Phi) is 5.00. The summed E-state index contributed by atoms with van der Waals surface area (Å²) in [6.07, 6.45) is 2.97. The molecule has 0 atom stereocenters. The molecule has 0 unspecified atom stereocenters. The lowest BCUT2D eigenvalue weighted by molar-refractivity contribution is -0.153. The number of thiophene rings is 1. The maximum absolute atomic E-state index is 11.6. The SMILES string of the molecule is CCOC(=O)C(C)(C)CCCc1cccs1. The quantitative estimate of drug-likeness (QED) is 0.709. The van der Waals surface area contributed by atoms with E-state index in [-0.39, 0.29) is 11.4 Å².